The maximum Gasteiger partial charge on any atom is 0.215 e. The number of rotatable bonds is 6. The molecule has 2 aromatic rings. The molecule has 7 nitrogen and oxygen atoms in total. The van der Waals surface area contributed by atoms with Crippen LogP contribution in [0.1, 0.15) is 11.1 Å². The number of piperazine rings is 1. The lowest BCUT2D eigenvalue weighted by molar-refractivity contribution is 0.380. The summed E-state index contributed by atoms with van der Waals surface area (Å²) in [7, 11) is -1.85. The van der Waals surface area contributed by atoms with Gasteiger partial charge in [0.25, 0.3) is 0 Å². The second-order valence-corrected chi connectivity index (χ2v) is 9.27. The molecule has 0 amide bonds. The van der Waals surface area contributed by atoms with Crippen LogP contribution >= 0.6 is 35.6 Å². The zero-order chi connectivity index (χ0) is 20.9. The first-order chi connectivity index (χ1) is 13.9. The number of sulfonamides is 1. The van der Waals surface area contributed by atoms with Crippen LogP contribution in [0.15, 0.2) is 53.5 Å². The van der Waals surface area contributed by atoms with E-state index in [9.17, 15) is 8.42 Å². The van der Waals surface area contributed by atoms with Gasteiger partial charge in [0.15, 0.2) is 5.96 Å². The van der Waals surface area contributed by atoms with Crippen LogP contribution in [0.5, 0.6) is 0 Å². The Labute approximate surface area is 200 Å². The smallest absolute Gasteiger partial charge is 0.215 e. The molecule has 30 heavy (non-hydrogen) atoms. The topological polar surface area (TPSA) is 91.0 Å². The standard InChI is InChI=1S/C20H26ClN5O2S.HI/c1-23-29(27,28)15-17-4-2-16(3-5-17)14-24-20(22)26-12-10-25(11-13-26)19-8-6-18(21)7-9-19;/h2-9,23H,10-15H2,1H3,(H2,22,24);1H. The molecule has 0 bridgehead atoms. The number of nitrogens with two attached hydrogens (primary N) is 1. The SMILES string of the molecule is CNS(=O)(=O)Cc1ccc(CN=C(N)N2CCN(c3ccc(Cl)cc3)CC2)cc1.I. The largest absolute Gasteiger partial charge is 0.370 e. The van der Waals surface area contributed by atoms with Gasteiger partial charge in [-0.25, -0.2) is 18.1 Å². The van der Waals surface area contributed by atoms with Crippen molar-refractivity contribution in [2.24, 2.45) is 10.7 Å². The molecule has 0 aliphatic carbocycles. The zero-order valence-electron chi connectivity index (χ0n) is 16.8. The van der Waals surface area contributed by atoms with Gasteiger partial charge in [-0.3, -0.25) is 0 Å². The Morgan fingerprint density at radius 3 is 2.17 bits per heavy atom. The number of hydrogen-bond acceptors (Lipinski definition) is 4. The number of guanidine groups is 1. The van der Waals surface area contributed by atoms with Gasteiger partial charge in [-0.15, -0.1) is 24.0 Å². The van der Waals surface area contributed by atoms with E-state index in [4.69, 9.17) is 17.3 Å². The minimum atomic E-state index is -3.27. The van der Waals surface area contributed by atoms with Gasteiger partial charge >= 0.3 is 0 Å². The molecular formula is C20H27ClIN5O2S. The highest BCUT2D eigenvalue weighted by molar-refractivity contribution is 14.0. The van der Waals surface area contributed by atoms with Crippen molar-refractivity contribution in [2.75, 3.05) is 38.1 Å². The van der Waals surface area contributed by atoms with Crippen LogP contribution in [0, 0.1) is 0 Å². The van der Waals surface area contributed by atoms with E-state index in [1.807, 2.05) is 36.4 Å². The van der Waals surface area contributed by atoms with Crippen LogP contribution in [0.2, 0.25) is 5.02 Å². The first kappa shape index (κ1) is 24.7. The molecule has 164 valence electrons. The molecule has 0 unspecified atom stereocenters. The monoisotopic (exact) mass is 563 g/mol. The fourth-order valence-corrected chi connectivity index (χ4v) is 4.05. The molecule has 0 aromatic heterocycles. The Kier molecular flexibility index (Phi) is 9.20. The Hall–Kier alpha value is -1.56. The highest BCUT2D eigenvalue weighted by atomic mass is 127. The number of nitrogens with zero attached hydrogens (tertiary/aromatic N) is 3. The van der Waals surface area contributed by atoms with E-state index in [2.05, 4.69) is 19.5 Å². The van der Waals surface area contributed by atoms with E-state index in [0.717, 1.165) is 48.0 Å². The van der Waals surface area contributed by atoms with Crippen molar-refractivity contribution >= 4 is 57.2 Å². The third-order valence-electron chi connectivity index (χ3n) is 4.91. The van der Waals surface area contributed by atoms with Crippen molar-refractivity contribution in [3.8, 4) is 0 Å². The summed E-state index contributed by atoms with van der Waals surface area (Å²) < 4.78 is 25.5. The van der Waals surface area contributed by atoms with Crippen molar-refractivity contribution in [2.45, 2.75) is 12.3 Å². The number of anilines is 1. The Balaban J connectivity index is 0.00000320. The number of benzene rings is 2. The number of nitrogens with one attached hydrogen (secondary N) is 1. The second kappa shape index (κ2) is 11.2. The summed E-state index contributed by atoms with van der Waals surface area (Å²) in [6, 6.07) is 15.2. The first-order valence-electron chi connectivity index (χ1n) is 9.41. The van der Waals surface area contributed by atoms with E-state index in [1.165, 1.54) is 7.05 Å². The normalized spacial score (nSPS) is 15.1. The number of halogens is 2. The molecule has 3 rings (SSSR count). The summed E-state index contributed by atoms with van der Waals surface area (Å²) in [6.07, 6.45) is 0. The van der Waals surface area contributed by atoms with Gasteiger partial charge in [-0.1, -0.05) is 35.9 Å². The Morgan fingerprint density at radius 1 is 1.03 bits per heavy atom. The molecule has 1 aliphatic heterocycles. The Morgan fingerprint density at radius 2 is 1.60 bits per heavy atom. The predicted molar refractivity (Wildman–Crippen MR) is 134 cm³/mol. The average molecular weight is 564 g/mol. The van der Waals surface area contributed by atoms with Crippen LogP contribution in [-0.2, 0) is 22.3 Å². The number of aliphatic imine (C=N–C) groups is 1. The van der Waals surface area contributed by atoms with Crippen LogP contribution in [-0.4, -0.2) is 52.5 Å². The second-order valence-electron chi connectivity index (χ2n) is 6.90. The van der Waals surface area contributed by atoms with Gasteiger partial charge in [-0.05, 0) is 42.4 Å². The highest BCUT2D eigenvalue weighted by Gasteiger charge is 2.18. The van der Waals surface area contributed by atoms with Gasteiger partial charge in [0, 0.05) is 36.9 Å². The summed E-state index contributed by atoms with van der Waals surface area (Å²) in [6.45, 7) is 3.80. The van der Waals surface area contributed by atoms with Crippen LogP contribution < -0.4 is 15.4 Å². The van der Waals surface area contributed by atoms with Crippen LogP contribution in [0.3, 0.4) is 0 Å². The molecule has 0 spiro atoms. The fourth-order valence-electron chi connectivity index (χ4n) is 3.15. The minimum absolute atomic E-state index is 0. The lowest BCUT2D eigenvalue weighted by Crippen LogP contribution is -2.51. The minimum Gasteiger partial charge on any atom is -0.370 e. The molecule has 1 saturated heterocycles. The van der Waals surface area contributed by atoms with Gasteiger partial charge < -0.3 is 15.5 Å². The van der Waals surface area contributed by atoms with E-state index in [1.54, 1.807) is 12.1 Å². The maximum atomic E-state index is 11.6. The average Bonchev–Trinajstić information content (AvgIpc) is 2.73. The summed E-state index contributed by atoms with van der Waals surface area (Å²) in [5.41, 5.74) is 9.06. The molecule has 3 N–H and O–H groups in total. The molecule has 0 radical (unpaired) electrons. The van der Waals surface area contributed by atoms with Gasteiger partial charge in [-0.2, -0.15) is 0 Å². The van der Waals surface area contributed by atoms with E-state index < -0.39 is 10.0 Å². The molecule has 1 fully saturated rings. The van der Waals surface area contributed by atoms with E-state index in [-0.39, 0.29) is 29.7 Å². The first-order valence-corrected chi connectivity index (χ1v) is 11.4. The van der Waals surface area contributed by atoms with Gasteiger partial charge in [0.1, 0.15) is 0 Å². The molecule has 0 atom stereocenters. The zero-order valence-corrected chi connectivity index (χ0v) is 20.7. The van der Waals surface area contributed by atoms with Crippen molar-refractivity contribution in [1.29, 1.82) is 0 Å². The Bertz CT molecular complexity index is 944. The van der Waals surface area contributed by atoms with Crippen LogP contribution in [0.4, 0.5) is 5.69 Å². The quantitative estimate of drug-likeness (QED) is 0.320. The molecule has 1 aliphatic rings. The predicted octanol–water partition coefficient (Wildman–Crippen LogP) is 2.64. The fraction of sp³-hybridized carbons (Fsp3) is 0.350. The van der Waals surface area contributed by atoms with Gasteiger partial charge in [0.05, 0.1) is 12.3 Å². The molecule has 10 heteroatoms. The lowest BCUT2D eigenvalue weighted by Gasteiger charge is -2.36. The van der Waals surface area contributed by atoms with E-state index in [0.29, 0.717) is 12.5 Å². The number of hydrogen-bond donors (Lipinski definition) is 2. The van der Waals surface area contributed by atoms with Crippen molar-refractivity contribution < 1.29 is 8.42 Å². The van der Waals surface area contributed by atoms with E-state index >= 15 is 0 Å². The highest BCUT2D eigenvalue weighted by Crippen LogP contribution is 2.19. The maximum absolute atomic E-state index is 11.6. The summed E-state index contributed by atoms with van der Waals surface area (Å²) in [4.78, 5) is 8.89. The van der Waals surface area contributed by atoms with Crippen molar-refractivity contribution in [1.82, 2.24) is 9.62 Å². The van der Waals surface area contributed by atoms with Crippen molar-refractivity contribution in [3.05, 3.63) is 64.7 Å². The van der Waals surface area contributed by atoms with Crippen molar-refractivity contribution in [3.63, 3.8) is 0 Å². The molecular weight excluding hydrogens is 537 g/mol. The van der Waals surface area contributed by atoms with Crippen LogP contribution in [0.25, 0.3) is 0 Å². The summed E-state index contributed by atoms with van der Waals surface area (Å²) in [5, 5.41) is 0.737. The molecule has 2 aromatic carbocycles. The summed E-state index contributed by atoms with van der Waals surface area (Å²) >= 11 is 5.96. The summed E-state index contributed by atoms with van der Waals surface area (Å²) in [5.74, 6) is 0.496. The lowest BCUT2D eigenvalue weighted by atomic mass is 10.1. The molecule has 1 heterocycles. The van der Waals surface area contributed by atoms with Gasteiger partial charge in [0.2, 0.25) is 10.0 Å². The third-order valence-corrected chi connectivity index (χ3v) is 6.50. The molecule has 0 saturated carbocycles. The third kappa shape index (κ3) is 7.00.